The molecular formula is C13H21N3O3S. The van der Waals surface area contributed by atoms with E-state index in [-0.39, 0.29) is 0 Å². The number of hydrogen-bond donors (Lipinski definition) is 0. The third-order valence-electron chi connectivity index (χ3n) is 3.25. The fourth-order valence-corrected chi connectivity index (χ4v) is 3.48. The molecule has 1 fully saturated rings. The van der Waals surface area contributed by atoms with Crippen molar-refractivity contribution in [3.63, 3.8) is 0 Å². The van der Waals surface area contributed by atoms with Gasteiger partial charge in [-0.15, -0.1) is 0 Å². The first kappa shape index (κ1) is 15.4. The van der Waals surface area contributed by atoms with E-state index >= 15 is 0 Å². The van der Waals surface area contributed by atoms with Crippen molar-refractivity contribution in [1.82, 2.24) is 14.2 Å². The molecule has 2 heterocycles. The summed E-state index contributed by atoms with van der Waals surface area (Å²) >= 11 is 0. The molecule has 0 aromatic carbocycles. The highest BCUT2D eigenvalue weighted by Gasteiger charge is 2.37. The number of hydrogen-bond acceptors (Lipinski definition) is 5. The Morgan fingerprint density at radius 3 is 2.55 bits per heavy atom. The van der Waals surface area contributed by atoms with Crippen LogP contribution in [0, 0.1) is 0 Å². The normalized spacial score (nSPS) is 16.6. The highest BCUT2D eigenvalue weighted by atomic mass is 32.2. The van der Waals surface area contributed by atoms with Gasteiger partial charge in [0, 0.05) is 19.3 Å². The number of pyridine rings is 1. The van der Waals surface area contributed by atoms with Crippen LogP contribution in [0.3, 0.4) is 0 Å². The van der Waals surface area contributed by atoms with Crippen molar-refractivity contribution in [2.45, 2.75) is 11.8 Å². The van der Waals surface area contributed by atoms with Gasteiger partial charge in [-0.1, -0.05) is 6.07 Å². The molecule has 0 spiro atoms. The van der Waals surface area contributed by atoms with Gasteiger partial charge in [0.05, 0.1) is 25.5 Å². The molecule has 112 valence electrons. The second-order valence-corrected chi connectivity index (χ2v) is 7.38. The number of sulfonamides is 1. The first-order chi connectivity index (χ1) is 9.50. The second-order valence-electron chi connectivity index (χ2n) is 5.16. The Kier molecular flexibility index (Phi) is 5.09. The highest BCUT2D eigenvalue weighted by molar-refractivity contribution is 7.89. The lowest BCUT2D eigenvalue weighted by molar-refractivity contribution is 0.0389. The Morgan fingerprint density at radius 1 is 1.30 bits per heavy atom. The molecule has 0 amide bonds. The van der Waals surface area contributed by atoms with Crippen molar-refractivity contribution in [1.29, 1.82) is 0 Å². The summed E-state index contributed by atoms with van der Waals surface area (Å²) in [5.74, 6) is 0. The van der Waals surface area contributed by atoms with Crippen LogP contribution in [0.1, 0.15) is 5.69 Å². The van der Waals surface area contributed by atoms with Gasteiger partial charge in [0.1, 0.15) is 5.25 Å². The van der Waals surface area contributed by atoms with Crippen molar-refractivity contribution in [3.8, 4) is 0 Å². The van der Waals surface area contributed by atoms with Gasteiger partial charge in [0.2, 0.25) is 10.0 Å². The summed E-state index contributed by atoms with van der Waals surface area (Å²) in [5, 5.41) is -0.409. The van der Waals surface area contributed by atoms with Crippen LogP contribution < -0.4 is 0 Å². The number of likely N-dealkylation sites (N-methyl/N-ethyl adjacent to an activating group) is 1. The van der Waals surface area contributed by atoms with Crippen LogP contribution in [0.2, 0.25) is 0 Å². The molecule has 1 aromatic heterocycles. The van der Waals surface area contributed by atoms with Crippen LogP contribution in [0.4, 0.5) is 0 Å². The summed E-state index contributed by atoms with van der Waals surface area (Å²) in [6.07, 6.45) is 1.68. The Hall–Kier alpha value is -1.02. The fourth-order valence-electron chi connectivity index (χ4n) is 1.88. The Bertz CT molecular complexity index is 515. The van der Waals surface area contributed by atoms with Crippen molar-refractivity contribution in [3.05, 3.63) is 30.1 Å². The number of aromatic nitrogens is 1. The standard InChI is InChI=1S/C13H21N3O3S/c1-15(2)7-8-16(9-12-5-3-4-6-14-12)20(17,18)13-10-19-11-13/h3-6,13H,7-11H2,1-2H3. The smallest absolute Gasteiger partial charge is 0.221 e. The first-order valence-corrected chi connectivity index (χ1v) is 8.12. The molecule has 0 N–H and O–H groups in total. The molecule has 0 bridgehead atoms. The van der Waals surface area contributed by atoms with E-state index in [4.69, 9.17) is 4.74 Å². The number of rotatable bonds is 7. The first-order valence-electron chi connectivity index (χ1n) is 6.61. The summed E-state index contributed by atoms with van der Waals surface area (Å²) in [6.45, 7) is 2.04. The number of nitrogens with zero attached hydrogens (tertiary/aromatic N) is 3. The van der Waals surface area contributed by atoms with Crippen LogP contribution >= 0.6 is 0 Å². The number of ether oxygens (including phenoxy) is 1. The average molecular weight is 299 g/mol. The minimum Gasteiger partial charge on any atom is -0.378 e. The van der Waals surface area contributed by atoms with E-state index in [1.807, 2.05) is 37.2 Å². The van der Waals surface area contributed by atoms with Gasteiger partial charge in [-0.3, -0.25) is 4.98 Å². The third kappa shape index (κ3) is 3.76. The molecular weight excluding hydrogens is 278 g/mol. The maximum atomic E-state index is 12.5. The Balaban J connectivity index is 2.11. The molecule has 7 heteroatoms. The largest absolute Gasteiger partial charge is 0.378 e. The molecule has 1 saturated heterocycles. The Labute approximate surface area is 120 Å². The van der Waals surface area contributed by atoms with Crippen molar-refractivity contribution >= 4 is 10.0 Å². The van der Waals surface area contributed by atoms with Crippen molar-refractivity contribution in [2.24, 2.45) is 0 Å². The highest BCUT2D eigenvalue weighted by Crippen LogP contribution is 2.18. The Morgan fingerprint density at radius 2 is 2.05 bits per heavy atom. The molecule has 1 aliphatic heterocycles. The fraction of sp³-hybridized carbons (Fsp3) is 0.615. The van der Waals surface area contributed by atoms with E-state index in [9.17, 15) is 8.42 Å². The van der Waals surface area contributed by atoms with Gasteiger partial charge >= 0.3 is 0 Å². The molecule has 1 aromatic rings. The van der Waals surface area contributed by atoms with E-state index in [2.05, 4.69) is 4.98 Å². The molecule has 0 aliphatic carbocycles. The van der Waals surface area contributed by atoms with Gasteiger partial charge in [-0.25, -0.2) is 8.42 Å². The summed E-state index contributed by atoms with van der Waals surface area (Å²) in [4.78, 5) is 6.18. The van der Waals surface area contributed by atoms with E-state index in [1.165, 1.54) is 4.31 Å². The molecule has 20 heavy (non-hydrogen) atoms. The lowest BCUT2D eigenvalue weighted by atomic mass is 10.3. The minimum atomic E-state index is -3.32. The predicted octanol–water partition coefficient (Wildman–Crippen LogP) is 0.174. The topological polar surface area (TPSA) is 62.7 Å². The van der Waals surface area contributed by atoms with E-state index in [1.54, 1.807) is 6.20 Å². The van der Waals surface area contributed by atoms with E-state index < -0.39 is 15.3 Å². The van der Waals surface area contributed by atoms with Crippen LogP contribution in [-0.4, -0.2) is 68.3 Å². The van der Waals surface area contributed by atoms with Crippen LogP contribution in [-0.2, 0) is 21.3 Å². The SMILES string of the molecule is CN(C)CCN(Cc1ccccn1)S(=O)(=O)C1COC1. The van der Waals surface area contributed by atoms with Crippen molar-refractivity contribution < 1.29 is 13.2 Å². The van der Waals surface area contributed by atoms with E-state index in [0.717, 1.165) is 5.69 Å². The van der Waals surface area contributed by atoms with Crippen LogP contribution in [0.5, 0.6) is 0 Å². The van der Waals surface area contributed by atoms with Gasteiger partial charge in [0.15, 0.2) is 0 Å². The van der Waals surface area contributed by atoms with Gasteiger partial charge in [0.25, 0.3) is 0 Å². The summed E-state index contributed by atoms with van der Waals surface area (Å²) in [5.41, 5.74) is 0.759. The van der Waals surface area contributed by atoms with E-state index in [0.29, 0.717) is 32.8 Å². The maximum absolute atomic E-state index is 12.5. The molecule has 0 radical (unpaired) electrons. The monoisotopic (exact) mass is 299 g/mol. The van der Waals surface area contributed by atoms with Crippen molar-refractivity contribution in [2.75, 3.05) is 40.4 Å². The molecule has 1 aliphatic rings. The quantitative estimate of drug-likeness (QED) is 0.718. The predicted molar refractivity (Wildman–Crippen MR) is 76.7 cm³/mol. The summed E-state index contributed by atoms with van der Waals surface area (Å²) in [7, 11) is 0.541. The minimum absolute atomic E-state index is 0.295. The lowest BCUT2D eigenvalue weighted by Crippen LogP contribution is -2.49. The zero-order chi connectivity index (χ0) is 14.6. The lowest BCUT2D eigenvalue weighted by Gasteiger charge is -2.32. The molecule has 0 unspecified atom stereocenters. The van der Waals surface area contributed by atoms with Crippen LogP contribution in [0.25, 0.3) is 0 Å². The molecule has 0 atom stereocenters. The second kappa shape index (κ2) is 6.62. The zero-order valence-electron chi connectivity index (χ0n) is 11.9. The average Bonchev–Trinajstić information content (AvgIpc) is 2.32. The zero-order valence-corrected chi connectivity index (χ0v) is 12.7. The maximum Gasteiger partial charge on any atom is 0.221 e. The molecule has 0 saturated carbocycles. The third-order valence-corrected chi connectivity index (χ3v) is 5.40. The van der Waals surface area contributed by atoms with Crippen LogP contribution in [0.15, 0.2) is 24.4 Å². The summed E-state index contributed by atoms with van der Waals surface area (Å²) in [6, 6.07) is 5.53. The molecule has 6 nitrogen and oxygen atoms in total. The summed E-state index contributed by atoms with van der Waals surface area (Å²) < 4.78 is 31.6. The molecule has 2 rings (SSSR count). The van der Waals surface area contributed by atoms with Gasteiger partial charge in [-0.05, 0) is 26.2 Å². The van der Waals surface area contributed by atoms with Gasteiger partial charge in [-0.2, -0.15) is 4.31 Å². The van der Waals surface area contributed by atoms with Gasteiger partial charge < -0.3 is 9.64 Å².